The molecule has 2 aromatic rings. The molecule has 2 atom stereocenters. The second-order valence-corrected chi connectivity index (χ2v) is 11.1. The minimum absolute atomic E-state index is 0.105. The molecular formula is C27H37N3OS. The van der Waals surface area contributed by atoms with E-state index in [1.165, 1.54) is 11.1 Å². The van der Waals surface area contributed by atoms with Gasteiger partial charge >= 0.3 is 0 Å². The molecule has 3 rings (SSSR count). The molecule has 0 bridgehead atoms. The van der Waals surface area contributed by atoms with Crippen LogP contribution < -0.4 is 0 Å². The van der Waals surface area contributed by atoms with Crippen molar-refractivity contribution >= 4 is 27.0 Å². The Bertz CT molecular complexity index is 974. The maximum atomic E-state index is 8.76. The largest absolute Gasteiger partial charge is 0.480 e. The quantitative estimate of drug-likeness (QED) is 0.235. The van der Waals surface area contributed by atoms with Crippen LogP contribution in [0.1, 0.15) is 32.3 Å². The number of nitrogens with one attached hydrogen (secondary N) is 1. The van der Waals surface area contributed by atoms with E-state index in [-0.39, 0.29) is 12.1 Å². The maximum absolute atomic E-state index is 8.76. The number of hydrogen-bond donors (Lipinski definition) is 1. The van der Waals surface area contributed by atoms with Crippen molar-refractivity contribution in [2.45, 2.75) is 50.2 Å². The van der Waals surface area contributed by atoms with Gasteiger partial charge in [0.05, 0.1) is 6.61 Å². The summed E-state index contributed by atoms with van der Waals surface area (Å²) in [5, 5.41) is 8.76. The van der Waals surface area contributed by atoms with Crippen LogP contribution in [0.5, 0.6) is 0 Å². The summed E-state index contributed by atoms with van der Waals surface area (Å²) < 4.78 is 8.14. The zero-order valence-electron chi connectivity index (χ0n) is 19.5. The Balaban J connectivity index is 2.01. The molecule has 0 spiro atoms. The van der Waals surface area contributed by atoms with Crippen LogP contribution in [0, 0.1) is 5.41 Å². The van der Waals surface area contributed by atoms with E-state index < -0.39 is 9.39 Å². The van der Waals surface area contributed by atoms with E-state index in [0.29, 0.717) is 19.0 Å². The van der Waals surface area contributed by atoms with Crippen molar-refractivity contribution in [3.8, 4) is 0 Å². The van der Waals surface area contributed by atoms with E-state index in [2.05, 4.69) is 70.8 Å². The smallest absolute Gasteiger partial charge is 0.199 e. The minimum atomic E-state index is -1.71. The van der Waals surface area contributed by atoms with Crippen molar-refractivity contribution in [2.24, 2.45) is 0 Å². The lowest BCUT2D eigenvalue weighted by molar-refractivity contribution is 0.0892. The molecule has 0 amide bonds. The zero-order chi connectivity index (χ0) is 23.1. The van der Waals surface area contributed by atoms with Crippen LogP contribution in [-0.2, 0) is 11.3 Å². The molecule has 172 valence electrons. The third-order valence-electron chi connectivity index (χ3n) is 6.08. The number of nitrogens with zero attached hydrogens (tertiary/aromatic N) is 2. The molecule has 32 heavy (non-hydrogen) atoms. The van der Waals surface area contributed by atoms with Crippen molar-refractivity contribution < 1.29 is 4.74 Å². The van der Waals surface area contributed by atoms with E-state index in [1.54, 1.807) is 0 Å². The second-order valence-electron chi connectivity index (χ2n) is 8.40. The number of hydrogen-bond acceptors (Lipinski definition) is 4. The Morgan fingerprint density at radius 1 is 1.00 bits per heavy atom. The Morgan fingerprint density at radius 2 is 1.59 bits per heavy atom. The van der Waals surface area contributed by atoms with Crippen molar-refractivity contribution in [3.63, 3.8) is 0 Å². The van der Waals surface area contributed by atoms with Crippen molar-refractivity contribution in [1.82, 2.24) is 9.21 Å². The van der Waals surface area contributed by atoms with E-state index in [1.807, 2.05) is 31.2 Å². The summed E-state index contributed by atoms with van der Waals surface area (Å²) in [5.41, 5.74) is 2.43. The van der Waals surface area contributed by atoms with E-state index in [9.17, 15) is 0 Å². The number of piperazine rings is 1. The predicted molar refractivity (Wildman–Crippen MR) is 141 cm³/mol. The van der Waals surface area contributed by atoms with Gasteiger partial charge in [0.15, 0.2) is 5.90 Å². The fourth-order valence-corrected chi connectivity index (χ4v) is 6.16. The third kappa shape index (κ3) is 5.52. The Hall–Kier alpha value is -2.34. The monoisotopic (exact) mass is 451 g/mol. The molecule has 0 aromatic heterocycles. The molecule has 0 radical (unpaired) electrons. The average Bonchev–Trinajstić information content (AvgIpc) is 2.80. The Kier molecular flexibility index (Phi) is 8.35. The first-order valence-corrected chi connectivity index (χ1v) is 13.3. The highest BCUT2D eigenvalue weighted by atomic mass is 32.2. The molecule has 0 saturated carbocycles. The van der Waals surface area contributed by atoms with Gasteiger partial charge < -0.3 is 4.74 Å². The van der Waals surface area contributed by atoms with E-state index in [4.69, 9.17) is 10.1 Å². The van der Waals surface area contributed by atoms with Crippen LogP contribution in [0.4, 0.5) is 0 Å². The van der Waals surface area contributed by atoms with Gasteiger partial charge in [-0.25, -0.2) is 0 Å². The standard InChI is InChI=1S/C27H37N3OS/c1-6-14-22(3)25-20-29(32(4,5)24-17-12-9-13-18-24)21-26(27(28)31-7-2)30(25)19-23-15-10-8-11-16-23/h8-13,15-18,25-26,28H,3-7,14,19-21H2,1-2H3. The molecule has 0 aliphatic carbocycles. The summed E-state index contributed by atoms with van der Waals surface area (Å²) >= 11 is 0. The number of benzene rings is 2. The summed E-state index contributed by atoms with van der Waals surface area (Å²) in [6.07, 6.45) is 2.01. The molecule has 2 aromatic carbocycles. The van der Waals surface area contributed by atoms with Crippen LogP contribution in [-0.4, -0.2) is 58.6 Å². The summed E-state index contributed by atoms with van der Waals surface area (Å²) in [5.74, 6) is 9.49. The predicted octanol–water partition coefficient (Wildman–Crippen LogP) is 5.55. The lowest BCUT2D eigenvalue weighted by Crippen LogP contribution is -2.60. The summed E-state index contributed by atoms with van der Waals surface area (Å²) in [6.45, 7) is 11.3. The Labute approximate surface area is 194 Å². The SMILES string of the molecule is C=C(CCC)C1CN(S(=C)(=C)c2ccccc2)CC(C(=N)OCC)N1Cc1ccccc1. The topological polar surface area (TPSA) is 39.6 Å². The minimum Gasteiger partial charge on any atom is -0.480 e. The van der Waals surface area contributed by atoms with Crippen molar-refractivity contribution in [2.75, 3.05) is 19.7 Å². The summed E-state index contributed by atoms with van der Waals surface area (Å²) in [7, 11) is -1.71. The Morgan fingerprint density at radius 3 is 2.19 bits per heavy atom. The van der Waals surface area contributed by atoms with Crippen molar-refractivity contribution in [3.05, 3.63) is 78.4 Å². The summed E-state index contributed by atoms with van der Waals surface area (Å²) in [4.78, 5) is 3.56. The van der Waals surface area contributed by atoms with Gasteiger partial charge in [0.1, 0.15) is 6.04 Å². The molecular weight excluding hydrogens is 414 g/mol. The molecule has 1 aliphatic rings. The second kappa shape index (κ2) is 11.0. The average molecular weight is 452 g/mol. The lowest BCUT2D eigenvalue weighted by Gasteiger charge is -2.49. The highest BCUT2D eigenvalue weighted by Gasteiger charge is 2.40. The van der Waals surface area contributed by atoms with Gasteiger partial charge in [-0.2, -0.15) is 0 Å². The molecule has 1 heterocycles. The lowest BCUT2D eigenvalue weighted by atomic mass is 9.96. The van der Waals surface area contributed by atoms with Crippen LogP contribution in [0.15, 0.2) is 77.7 Å². The van der Waals surface area contributed by atoms with Crippen LogP contribution >= 0.6 is 9.39 Å². The summed E-state index contributed by atoms with van der Waals surface area (Å²) in [6, 6.07) is 20.8. The third-order valence-corrected chi connectivity index (χ3v) is 8.52. The van der Waals surface area contributed by atoms with Gasteiger partial charge in [-0.3, -0.25) is 14.6 Å². The zero-order valence-corrected chi connectivity index (χ0v) is 20.3. The fraction of sp³-hybridized carbons (Fsp3) is 0.370. The normalized spacial score (nSPS) is 20.1. The van der Waals surface area contributed by atoms with Gasteiger partial charge in [0, 0.05) is 30.6 Å². The first-order valence-electron chi connectivity index (χ1n) is 11.4. The molecule has 1 N–H and O–H groups in total. The number of ether oxygens (including phenoxy) is 1. The van der Waals surface area contributed by atoms with Gasteiger partial charge in [0.25, 0.3) is 0 Å². The van der Waals surface area contributed by atoms with E-state index in [0.717, 1.165) is 30.8 Å². The number of rotatable bonds is 9. The highest BCUT2D eigenvalue weighted by molar-refractivity contribution is 8.25. The van der Waals surface area contributed by atoms with Gasteiger partial charge in [-0.15, -0.1) is 9.39 Å². The molecule has 1 fully saturated rings. The van der Waals surface area contributed by atoms with Gasteiger partial charge in [-0.1, -0.05) is 85.8 Å². The first-order chi connectivity index (χ1) is 15.4. The molecule has 5 heteroatoms. The van der Waals surface area contributed by atoms with Crippen LogP contribution in [0.2, 0.25) is 0 Å². The highest BCUT2D eigenvalue weighted by Crippen LogP contribution is 2.40. The van der Waals surface area contributed by atoms with Crippen molar-refractivity contribution in [1.29, 1.82) is 5.41 Å². The van der Waals surface area contributed by atoms with Gasteiger partial charge in [0.2, 0.25) is 0 Å². The first kappa shape index (κ1) is 24.3. The molecule has 1 saturated heterocycles. The molecule has 1 aliphatic heterocycles. The molecule has 4 nitrogen and oxygen atoms in total. The molecule has 2 unspecified atom stereocenters. The fourth-order valence-electron chi connectivity index (χ4n) is 4.35. The van der Waals surface area contributed by atoms with E-state index >= 15 is 0 Å². The van der Waals surface area contributed by atoms with Crippen LogP contribution in [0.3, 0.4) is 0 Å². The van der Waals surface area contributed by atoms with Crippen LogP contribution in [0.25, 0.3) is 0 Å². The maximum Gasteiger partial charge on any atom is 0.199 e. The van der Waals surface area contributed by atoms with Gasteiger partial charge in [-0.05, 0) is 31.0 Å².